The van der Waals surface area contributed by atoms with Crippen LogP contribution in [-0.4, -0.2) is 16.5 Å². The molecular formula is C13H21N3. The van der Waals surface area contributed by atoms with Gasteiger partial charge in [0.05, 0.1) is 6.04 Å². The molecule has 2 aliphatic rings. The van der Waals surface area contributed by atoms with E-state index in [0.717, 1.165) is 12.4 Å². The summed E-state index contributed by atoms with van der Waals surface area (Å²) in [6.45, 7) is 3.51. The van der Waals surface area contributed by atoms with Gasteiger partial charge in [-0.25, -0.2) is 4.98 Å². The van der Waals surface area contributed by atoms with E-state index in [-0.39, 0.29) is 0 Å². The average Bonchev–Trinajstić information content (AvgIpc) is 2.98. The number of hydrogen-bond acceptors (Lipinski definition) is 2. The van der Waals surface area contributed by atoms with Gasteiger partial charge in [-0.15, -0.1) is 0 Å². The van der Waals surface area contributed by atoms with Crippen LogP contribution in [0.25, 0.3) is 0 Å². The molecule has 3 rings (SSSR count). The zero-order valence-electron chi connectivity index (χ0n) is 10.1. The van der Waals surface area contributed by atoms with E-state index in [2.05, 4.69) is 28.4 Å². The molecule has 3 nitrogen and oxygen atoms in total. The topological polar surface area (TPSA) is 40.7 Å². The van der Waals surface area contributed by atoms with Crippen LogP contribution in [0.2, 0.25) is 0 Å². The quantitative estimate of drug-likeness (QED) is 0.803. The van der Waals surface area contributed by atoms with Gasteiger partial charge < -0.3 is 10.3 Å². The highest BCUT2D eigenvalue weighted by Gasteiger charge is 2.33. The predicted molar refractivity (Wildman–Crippen MR) is 64.4 cm³/mol. The highest BCUT2D eigenvalue weighted by Crippen LogP contribution is 2.40. The summed E-state index contributed by atoms with van der Waals surface area (Å²) in [7, 11) is 0. The van der Waals surface area contributed by atoms with Crippen molar-refractivity contribution in [3.63, 3.8) is 0 Å². The molecule has 1 aliphatic heterocycles. The van der Waals surface area contributed by atoms with E-state index in [9.17, 15) is 0 Å². The summed E-state index contributed by atoms with van der Waals surface area (Å²) in [6, 6.07) is 0.471. The van der Waals surface area contributed by atoms with E-state index in [1.54, 1.807) is 0 Å². The molecule has 1 unspecified atom stereocenters. The Balaban J connectivity index is 1.81. The van der Waals surface area contributed by atoms with Crippen LogP contribution >= 0.6 is 0 Å². The number of nitrogens with zero attached hydrogens (tertiary/aromatic N) is 1. The van der Waals surface area contributed by atoms with Crippen LogP contribution in [-0.2, 0) is 5.41 Å². The zero-order valence-corrected chi connectivity index (χ0v) is 10.1. The Kier molecular flexibility index (Phi) is 2.51. The summed E-state index contributed by atoms with van der Waals surface area (Å²) < 4.78 is 0. The first-order valence-electron chi connectivity index (χ1n) is 6.57. The number of aromatic nitrogens is 2. The van der Waals surface area contributed by atoms with Gasteiger partial charge in [-0.2, -0.15) is 0 Å². The molecule has 0 bridgehead atoms. The summed E-state index contributed by atoms with van der Waals surface area (Å²) in [5, 5.41) is 3.50. The Hall–Kier alpha value is -0.830. The van der Waals surface area contributed by atoms with Gasteiger partial charge in [-0.05, 0) is 32.2 Å². The number of aromatic amines is 1. The summed E-state index contributed by atoms with van der Waals surface area (Å²) in [5.74, 6) is 1.15. The number of H-pyrrole nitrogens is 1. The molecule has 0 radical (unpaired) electrons. The number of hydrogen-bond donors (Lipinski definition) is 2. The number of imidazole rings is 1. The smallest absolute Gasteiger partial charge is 0.123 e. The third-order valence-corrected chi connectivity index (χ3v) is 4.34. The zero-order chi connectivity index (χ0) is 11.0. The predicted octanol–water partition coefficient (Wildman–Crippen LogP) is 2.67. The van der Waals surface area contributed by atoms with Crippen molar-refractivity contribution in [1.82, 2.24) is 15.3 Å². The second-order valence-corrected chi connectivity index (χ2v) is 5.60. The third kappa shape index (κ3) is 1.67. The molecule has 0 amide bonds. The van der Waals surface area contributed by atoms with E-state index in [1.807, 2.05) is 0 Å². The van der Waals surface area contributed by atoms with Crippen molar-refractivity contribution in [2.75, 3.05) is 6.54 Å². The fourth-order valence-electron chi connectivity index (χ4n) is 3.16. The van der Waals surface area contributed by atoms with E-state index in [1.165, 1.54) is 44.2 Å². The van der Waals surface area contributed by atoms with Crippen molar-refractivity contribution in [2.24, 2.45) is 0 Å². The third-order valence-electron chi connectivity index (χ3n) is 4.34. The minimum absolute atomic E-state index is 0.365. The van der Waals surface area contributed by atoms with Crippen molar-refractivity contribution < 1.29 is 0 Å². The highest BCUT2D eigenvalue weighted by molar-refractivity contribution is 5.17. The molecule has 2 N–H and O–H groups in total. The van der Waals surface area contributed by atoms with Crippen molar-refractivity contribution in [3.05, 3.63) is 17.7 Å². The summed E-state index contributed by atoms with van der Waals surface area (Å²) in [5.41, 5.74) is 1.72. The molecule has 1 aromatic heterocycles. The largest absolute Gasteiger partial charge is 0.344 e. The SMILES string of the molecule is CC1(c2cnc(C3CCCN3)[nH]2)CCCC1. The molecule has 2 heterocycles. The Labute approximate surface area is 97.0 Å². The average molecular weight is 219 g/mol. The molecule has 1 saturated carbocycles. The molecule has 16 heavy (non-hydrogen) atoms. The Morgan fingerprint density at radius 3 is 2.81 bits per heavy atom. The molecule has 2 fully saturated rings. The molecule has 1 saturated heterocycles. The Bertz CT molecular complexity index is 357. The molecule has 1 aromatic rings. The monoisotopic (exact) mass is 219 g/mol. The van der Waals surface area contributed by atoms with Gasteiger partial charge in [0.2, 0.25) is 0 Å². The summed E-state index contributed by atoms with van der Waals surface area (Å²) in [4.78, 5) is 8.13. The maximum Gasteiger partial charge on any atom is 0.123 e. The van der Waals surface area contributed by atoms with Crippen LogP contribution in [0.1, 0.15) is 63.0 Å². The van der Waals surface area contributed by atoms with Crippen molar-refractivity contribution in [2.45, 2.75) is 56.9 Å². The van der Waals surface area contributed by atoms with Gasteiger partial charge in [-0.3, -0.25) is 0 Å². The lowest BCUT2D eigenvalue weighted by Crippen LogP contribution is -2.18. The normalized spacial score (nSPS) is 28.7. The molecule has 88 valence electrons. The molecular weight excluding hydrogens is 198 g/mol. The van der Waals surface area contributed by atoms with Gasteiger partial charge in [0.15, 0.2) is 0 Å². The lowest BCUT2D eigenvalue weighted by Gasteiger charge is -2.21. The fraction of sp³-hybridized carbons (Fsp3) is 0.769. The lowest BCUT2D eigenvalue weighted by molar-refractivity contribution is 0.475. The van der Waals surface area contributed by atoms with E-state index >= 15 is 0 Å². The first kappa shape index (κ1) is 10.3. The summed E-state index contributed by atoms with van der Waals surface area (Å²) in [6.07, 6.45) is 9.93. The summed E-state index contributed by atoms with van der Waals surface area (Å²) >= 11 is 0. The first-order chi connectivity index (χ1) is 7.78. The Morgan fingerprint density at radius 2 is 2.12 bits per heavy atom. The fourth-order valence-corrected chi connectivity index (χ4v) is 3.16. The highest BCUT2D eigenvalue weighted by atomic mass is 15.0. The second-order valence-electron chi connectivity index (χ2n) is 5.60. The van der Waals surface area contributed by atoms with Crippen LogP contribution < -0.4 is 5.32 Å². The van der Waals surface area contributed by atoms with Gasteiger partial charge in [0.1, 0.15) is 5.82 Å². The van der Waals surface area contributed by atoms with Crippen molar-refractivity contribution >= 4 is 0 Å². The van der Waals surface area contributed by atoms with Crippen LogP contribution in [0, 0.1) is 0 Å². The number of nitrogens with one attached hydrogen (secondary N) is 2. The second kappa shape index (κ2) is 3.88. The van der Waals surface area contributed by atoms with E-state index < -0.39 is 0 Å². The first-order valence-corrected chi connectivity index (χ1v) is 6.57. The van der Waals surface area contributed by atoms with Gasteiger partial charge in [0, 0.05) is 17.3 Å². The minimum atomic E-state index is 0.365. The van der Waals surface area contributed by atoms with Crippen LogP contribution in [0.5, 0.6) is 0 Å². The molecule has 0 aromatic carbocycles. The Morgan fingerprint density at radius 1 is 1.31 bits per heavy atom. The molecule has 0 spiro atoms. The molecule has 1 aliphatic carbocycles. The number of rotatable bonds is 2. The molecule has 3 heteroatoms. The van der Waals surface area contributed by atoms with Gasteiger partial charge in [-0.1, -0.05) is 19.8 Å². The van der Waals surface area contributed by atoms with Crippen LogP contribution in [0.3, 0.4) is 0 Å². The van der Waals surface area contributed by atoms with Gasteiger partial charge in [0.25, 0.3) is 0 Å². The van der Waals surface area contributed by atoms with Gasteiger partial charge >= 0.3 is 0 Å². The minimum Gasteiger partial charge on any atom is -0.344 e. The molecule has 1 atom stereocenters. The van der Waals surface area contributed by atoms with Crippen LogP contribution in [0.4, 0.5) is 0 Å². The van der Waals surface area contributed by atoms with E-state index in [4.69, 9.17) is 0 Å². The van der Waals surface area contributed by atoms with Crippen molar-refractivity contribution in [3.8, 4) is 0 Å². The maximum absolute atomic E-state index is 4.57. The van der Waals surface area contributed by atoms with Crippen LogP contribution in [0.15, 0.2) is 6.20 Å². The standard InChI is InChI=1S/C13H21N3/c1-13(6-2-3-7-13)11-9-15-12(16-11)10-5-4-8-14-10/h9-10,14H,2-8H2,1H3,(H,15,16). The van der Waals surface area contributed by atoms with E-state index in [0.29, 0.717) is 11.5 Å². The maximum atomic E-state index is 4.57. The van der Waals surface area contributed by atoms with Crippen molar-refractivity contribution in [1.29, 1.82) is 0 Å². The lowest BCUT2D eigenvalue weighted by atomic mass is 9.86.